The maximum absolute atomic E-state index is 11.6. The van der Waals surface area contributed by atoms with Crippen LogP contribution in [0.15, 0.2) is 17.5 Å². The van der Waals surface area contributed by atoms with E-state index in [9.17, 15) is 9.59 Å². The first-order valence-corrected chi connectivity index (χ1v) is 6.70. The molecule has 92 valence electrons. The van der Waals surface area contributed by atoms with Crippen LogP contribution in [-0.2, 0) is 16.0 Å². The van der Waals surface area contributed by atoms with Gasteiger partial charge in [-0.3, -0.25) is 9.59 Å². The van der Waals surface area contributed by atoms with Crippen molar-refractivity contribution < 1.29 is 9.59 Å². The van der Waals surface area contributed by atoms with E-state index in [1.807, 2.05) is 11.4 Å². The van der Waals surface area contributed by atoms with Gasteiger partial charge in [0.1, 0.15) is 0 Å². The van der Waals surface area contributed by atoms with Gasteiger partial charge < -0.3 is 10.2 Å². The van der Waals surface area contributed by atoms with Crippen LogP contribution in [0.1, 0.15) is 17.7 Å². The van der Waals surface area contributed by atoms with E-state index in [2.05, 4.69) is 11.4 Å². The summed E-state index contributed by atoms with van der Waals surface area (Å²) in [6, 6.07) is 4.06. The number of nitrogens with zero attached hydrogens (tertiary/aromatic N) is 1. The summed E-state index contributed by atoms with van der Waals surface area (Å²) in [5, 5.41) is 4.87. The lowest BCUT2D eigenvalue weighted by Crippen LogP contribution is -2.38. The second-order valence-corrected chi connectivity index (χ2v) is 5.13. The Morgan fingerprint density at radius 3 is 3.06 bits per heavy atom. The molecule has 17 heavy (non-hydrogen) atoms. The second-order valence-electron chi connectivity index (χ2n) is 4.10. The van der Waals surface area contributed by atoms with Crippen molar-refractivity contribution in [1.82, 2.24) is 10.2 Å². The highest BCUT2D eigenvalue weighted by Crippen LogP contribution is 2.09. The van der Waals surface area contributed by atoms with Gasteiger partial charge in [0.05, 0.1) is 6.54 Å². The van der Waals surface area contributed by atoms with E-state index in [1.165, 1.54) is 4.88 Å². The Morgan fingerprint density at radius 1 is 1.53 bits per heavy atom. The van der Waals surface area contributed by atoms with Gasteiger partial charge in [0.2, 0.25) is 11.8 Å². The van der Waals surface area contributed by atoms with Gasteiger partial charge in [0, 0.05) is 24.4 Å². The van der Waals surface area contributed by atoms with Crippen LogP contribution >= 0.6 is 11.3 Å². The Morgan fingerprint density at radius 2 is 2.41 bits per heavy atom. The molecule has 2 rings (SSSR count). The SMILES string of the molecule is O=C(CN1CCCC1=O)NCCc1cccs1. The van der Waals surface area contributed by atoms with Gasteiger partial charge in [-0.2, -0.15) is 0 Å². The van der Waals surface area contributed by atoms with Crippen LogP contribution in [0.3, 0.4) is 0 Å². The fraction of sp³-hybridized carbons (Fsp3) is 0.500. The summed E-state index contributed by atoms with van der Waals surface area (Å²) in [6.45, 7) is 1.57. The standard InChI is InChI=1S/C12H16N2O2S/c15-11(9-14-7-1-4-12(14)16)13-6-5-10-3-2-8-17-10/h2-3,8H,1,4-7,9H2,(H,13,15). The van der Waals surface area contributed by atoms with Crippen LogP contribution in [0.2, 0.25) is 0 Å². The number of amides is 2. The van der Waals surface area contributed by atoms with Crippen LogP contribution in [0.25, 0.3) is 0 Å². The van der Waals surface area contributed by atoms with Crippen LogP contribution < -0.4 is 5.32 Å². The summed E-state index contributed by atoms with van der Waals surface area (Å²) in [6.07, 6.45) is 2.32. The number of carbonyl (C=O) groups excluding carboxylic acids is 2. The molecule has 1 aliphatic rings. The molecule has 1 aromatic heterocycles. The van der Waals surface area contributed by atoms with Gasteiger partial charge in [0.15, 0.2) is 0 Å². The monoisotopic (exact) mass is 252 g/mol. The number of nitrogens with one attached hydrogen (secondary N) is 1. The van der Waals surface area contributed by atoms with E-state index in [4.69, 9.17) is 0 Å². The molecule has 0 saturated carbocycles. The second kappa shape index (κ2) is 5.82. The van der Waals surface area contributed by atoms with Gasteiger partial charge in [0.25, 0.3) is 0 Å². The van der Waals surface area contributed by atoms with Gasteiger partial charge in [-0.25, -0.2) is 0 Å². The van der Waals surface area contributed by atoms with E-state index in [1.54, 1.807) is 16.2 Å². The number of likely N-dealkylation sites (tertiary alicyclic amines) is 1. The van der Waals surface area contributed by atoms with Crippen LogP contribution in [0.5, 0.6) is 0 Å². The smallest absolute Gasteiger partial charge is 0.239 e. The van der Waals surface area contributed by atoms with Crippen molar-refractivity contribution in [2.45, 2.75) is 19.3 Å². The Kier molecular flexibility index (Phi) is 4.14. The predicted molar refractivity (Wildman–Crippen MR) is 66.8 cm³/mol. The molecule has 1 aromatic rings. The minimum absolute atomic E-state index is 0.0585. The predicted octanol–water partition coefficient (Wildman–Crippen LogP) is 1.03. The third kappa shape index (κ3) is 3.56. The molecule has 1 aliphatic heterocycles. The third-order valence-corrected chi connectivity index (χ3v) is 3.72. The van der Waals surface area contributed by atoms with Gasteiger partial charge in [-0.1, -0.05) is 6.07 Å². The van der Waals surface area contributed by atoms with Gasteiger partial charge in [-0.05, 0) is 24.3 Å². The molecule has 5 heteroatoms. The fourth-order valence-corrected chi connectivity index (χ4v) is 2.59. The molecule has 4 nitrogen and oxygen atoms in total. The van der Waals surface area contributed by atoms with E-state index in [0.29, 0.717) is 13.0 Å². The fourth-order valence-electron chi connectivity index (χ4n) is 1.88. The Bertz CT molecular complexity index is 389. The molecule has 0 aromatic carbocycles. The highest BCUT2D eigenvalue weighted by Gasteiger charge is 2.21. The average Bonchev–Trinajstić information content (AvgIpc) is 2.92. The van der Waals surface area contributed by atoms with Crippen molar-refractivity contribution in [1.29, 1.82) is 0 Å². The maximum Gasteiger partial charge on any atom is 0.239 e. The first-order valence-electron chi connectivity index (χ1n) is 5.82. The number of carbonyl (C=O) groups is 2. The molecule has 0 aliphatic carbocycles. The topological polar surface area (TPSA) is 49.4 Å². The van der Waals surface area contributed by atoms with Crippen molar-refractivity contribution in [3.05, 3.63) is 22.4 Å². The first-order chi connectivity index (χ1) is 8.25. The lowest BCUT2D eigenvalue weighted by molar-refractivity contribution is -0.133. The van der Waals surface area contributed by atoms with Crippen LogP contribution in [-0.4, -0.2) is 36.3 Å². The van der Waals surface area contributed by atoms with E-state index in [-0.39, 0.29) is 18.4 Å². The molecule has 0 spiro atoms. The minimum atomic E-state index is -0.0585. The van der Waals surface area contributed by atoms with Crippen molar-refractivity contribution in [3.8, 4) is 0 Å². The van der Waals surface area contributed by atoms with E-state index < -0.39 is 0 Å². The maximum atomic E-state index is 11.6. The van der Waals surface area contributed by atoms with Crippen molar-refractivity contribution >= 4 is 23.2 Å². The zero-order chi connectivity index (χ0) is 12.1. The zero-order valence-electron chi connectivity index (χ0n) is 9.65. The quantitative estimate of drug-likeness (QED) is 0.851. The Balaban J connectivity index is 1.65. The molecule has 0 atom stereocenters. The zero-order valence-corrected chi connectivity index (χ0v) is 10.5. The summed E-state index contributed by atoms with van der Waals surface area (Å²) in [5.74, 6) is 0.0372. The van der Waals surface area contributed by atoms with E-state index >= 15 is 0 Å². The number of hydrogen-bond donors (Lipinski definition) is 1. The molecular weight excluding hydrogens is 236 g/mol. The summed E-state index contributed by atoms with van der Waals surface area (Å²) in [4.78, 5) is 25.8. The minimum Gasteiger partial charge on any atom is -0.354 e. The first kappa shape index (κ1) is 12.1. The molecule has 1 saturated heterocycles. The largest absolute Gasteiger partial charge is 0.354 e. The highest BCUT2D eigenvalue weighted by molar-refractivity contribution is 7.09. The van der Waals surface area contributed by atoms with Crippen molar-refractivity contribution in [2.24, 2.45) is 0 Å². The Hall–Kier alpha value is -1.36. The lowest BCUT2D eigenvalue weighted by Gasteiger charge is -2.14. The number of hydrogen-bond acceptors (Lipinski definition) is 3. The Labute approximate surface area is 105 Å². The molecule has 0 unspecified atom stereocenters. The summed E-state index contributed by atoms with van der Waals surface area (Å²) in [7, 11) is 0. The molecule has 0 bridgehead atoms. The third-order valence-electron chi connectivity index (χ3n) is 2.78. The molecule has 0 radical (unpaired) electrons. The van der Waals surface area contributed by atoms with Gasteiger partial charge >= 0.3 is 0 Å². The number of thiophene rings is 1. The molecular formula is C12H16N2O2S. The molecule has 1 N–H and O–H groups in total. The summed E-state index contributed by atoms with van der Waals surface area (Å²) < 4.78 is 0. The lowest BCUT2D eigenvalue weighted by atomic mass is 10.3. The van der Waals surface area contributed by atoms with Crippen molar-refractivity contribution in [3.63, 3.8) is 0 Å². The van der Waals surface area contributed by atoms with E-state index in [0.717, 1.165) is 19.4 Å². The number of rotatable bonds is 5. The molecule has 2 amide bonds. The van der Waals surface area contributed by atoms with Crippen LogP contribution in [0.4, 0.5) is 0 Å². The summed E-state index contributed by atoms with van der Waals surface area (Å²) >= 11 is 1.69. The van der Waals surface area contributed by atoms with Crippen LogP contribution in [0, 0.1) is 0 Å². The van der Waals surface area contributed by atoms with Crippen molar-refractivity contribution in [2.75, 3.05) is 19.6 Å². The summed E-state index contributed by atoms with van der Waals surface area (Å²) in [5.41, 5.74) is 0. The van der Waals surface area contributed by atoms with Gasteiger partial charge in [-0.15, -0.1) is 11.3 Å². The molecule has 2 heterocycles. The average molecular weight is 252 g/mol. The highest BCUT2D eigenvalue weighted by atomic mass is 32.1. The molecule has 1 fully saturated rings. The normalized spacial score (nSPS) is 15.3.